The van der Waals surface area contributed by atoms with Gasteiger partial charge < -0.3 is 53.0 Å². The summed E-state index contributed by atoms with van der Waals surface area (Å²) in [6, 6.07) is 0. The highest BCUT2D eigenvalue weighted by Gasteiger charge is 2.29. The molecule has 550 valence electrons. The van der Waals surface area contributed by atoms with Crippen LogP contribution < -0.4 is 0 Å². The predicted octanol–water partition coefficient (Wildman–Crippen LogP) is 19.9. The Balaban J connectivity index is 5.04. The van der Waals surface area contributed by atoms with Crippen LogP contribution in [0.3, 0.4) is 0 Å². The van der Waals surface area contributed by atoms with Crippen LogP contribution in [-0.4, -0.2) is 124 Å². The van der Waals surface area contributed by atoms with Gasteiger partial charge in [-0.15, -0.1) is 0 Å². The molecule has 3 N–H and O–H groups in total. The molecule has 0 aromatic heterocycles. The summed E-state index contributed by atoms with van der Waals surface area (Å²) < 4.78 is 71.2. The molecule has 0 heterocycles. The van der Waals surface area contributed by atoms with Gasteiger partial charge in [-0.25, -0.2) is 9.13 Å². The molecule has 0 saturated carbocycles. The summed E-state index contributed by atoms with van der Waals surface area (Å²) in [5.74, 6) is 0. The summed E-state index contributed by atoms with van der Waals surface area (Å²) in [4.78, 5) is 63.1. The number of aldehydes is 4. The van der Waals surface area contributed by atoms with Crippen molar-refractivity contribution in [1.82, 2.24) is 0 Å². The van der Waals surface area contributed by atoms with Crippen LogP contribution in [0.4, 0.5) is 0 Å². The molecule has 17 nitrogen and oxygen atoms in total. The van der Waals surface area contributed by atoms with Gasteiger partial charge in [-0.05, 0) is 154 Å². The lowest BCUT2D eigenvalue weighted by molar-refractivity contribution is -0.108. The van der Waals surface area contributed by atoms with Crippen LogP contribution in [-0.2, 0) is 65.4 Å². The van der Waals surface area contributed by atoms with Gasteiger partial charge in [-0.1, -0.05) is 190 Å². The number of allylic oxidation sites excluding steroid dienone is 8. The van der Waals surface area contributed by atoms with Crippen molar-refractivity contribution in [3.05, 3.63) is 48.6 Å². The minimum Gasteiger partial charge on any atom is -0.388 e. The summed E-state index contributed by atoms with van der Waals surface area (Å²) in [7, 11) is -9.41. The van der Waals surface area contributed by atoms with Crippen LogP contribution in [0.2, 0.25) is 0 Å². The number of unbranched alkanes of at least 4 members (excludes halogenated alkanes) is 42. The fraction of sp³-hybridized carbons (Fsp3) is 0.840. The molecule has 5 atom stereocenters. The number of phosphoric ester groups is 2. The molecule has 0 saturated heterocycles. The van der Waals surface area contributed by atoms with Gasteiger partial charge in [-0.3, -0.25) is 18.1 Å². The molecule has 0 amide bonds. The van der Waals surface area contributed by atoms with E-state index in [9.17, 15) is 43.2 Å². The maximum absolute atomic E-state index is 13.1. The van der Waals surface area contributed by atoms with Gasteiger partial charge in [0.15, 0.2) is 0 Å². The lowest BCUT2D eigenvalue weighted by atomic mass is 10.1. The fourth-order valence-electron chi connectivity index (χ4n) is 10.5. The van der Waals surface area contributed by atoms with E-state index in [2.05, 4.69) is 48.6 Å². The van der Waals surface area contributed by atoms with Crippen molar-refractivity contribution in [3.63, 3.8) is 0 Å². The van der Waals surface area contributed by atoms with Crippen molar-refractivity contribution in [3.8, 4) is 0 Å². The normalized spacial score (nSPS) is 14.4. The number of aliphatic hydroxyl groups is 1. The molecule has 0 aromatic carbocycles. The van der Waals surface area contributed by atoms with Gasteiger partial charge in [0.2, 0.25) is 0 Å². The van der Waals surface area contributed by atoms with E-state index in [-0.39, 0.29) is 26.4 Å². The van der Waals surface area contributed by atoms with Crippen molar-refractivity contribution in [2.45, 2.75) is 339 Å². The molecule has 0 spiro atoms. The Morgan fingerprint density at radius 1 is 0.245 bits per heavy atom. The Morgan fingerprint density at radius 3 is 0.670 bits per heavy atom. The maximum atomic E-state index is 13.1. The Bertz CT molecular complexity index is 1850. The van der Waals surface area contributed by atoms with Crippen LogP contribution in [0.5, 0.6) is 0 Å². The predicted molar refractivity (Wildman–Crippen MR) is 382 cm³/mol. The Hall–Kier alpha value is -2.34. The molecule has 0 radical (unpaired) electrons. The molecular formula is C75H138O17P2. The van der Waals surface area contributed by atoms with E-state index in [1.165, 1.54) is 51.4 Å². The van der Waals surface area contributed by atoms with E-state index in [1.54, 1.807) is 0 Å². The van der Waals surface area contributed by atoms with Crippen molar-refractivity contribution < 1.29 is 80.2 Å². The molecule has 0 aliphatic rings. The minimum absolute atomic E-state index is 0.160. The lowest BCUT2D eigenvalue weighted by Crippen LogP contribution is -2.27. The number of aliphatic hydroxyl groups excluding tert-OH is 1. The Morgan fingerprint density at radius 2 is 0.436 bits per heavy atom. The van der Waals surface area contributed by atoms with E-state index in [4.69, 9.17) is 37.0 Å². The van der Waals surface area contributed by atoms with Crippen molar-refractivity contribution >= 4 is 40.8 Å². The first-order chi connectivity index (χ1) is 46.1. The standard InChI is InChI=1S/C75H138O17P2/c76-59-51-43-35-27-19-11-3-1-2-7-15-23-31-39-47-55-63-85-69-74(87-65-57-49-41-33-25-17-9-5-13-21-29-37-45-53-61-78)71-91-93(81,82)89-67-73(80)68-90-94(83,84)92-72-75(88-66-58-50-42-34-26-18-10-6-14-22-30-38-46-54-62-79)70-86-64-56-48-40-32-24-16-8-4-12-20-28-36-44-52-60-77/h1,3-6,8-10,59-62,73-75,80H,2,7,11-58,63-72H2,(H,81,82)(H,83,84)/b3-1-,8-4-,9-5-,10-6-/t73-,74-,75-/m1/s1. The van der Waals surface area contributed by atoms with Crippen LogP contribution >= 0.6 is 15.6 Å². The number of carbonyl (C=O) groups is 4. The highest BCUT2D eigenvalue weighted by atomic mass is 31.2. The summed E-state index contributed by atoms with van der Waals surface area (Å²) in [5, 5.41) is 10.6. The van der Waals surface area contributed by atoms with Crippen LogP contribution in [0, 0.1) is 0 Å². The van der Waals surface area contributed by atoms with E-state index in [0.717, 1.165) is 269 Å². The van der Waals surface area contributed by atoms with Crippen molar-refractivity contribution in [2.75, 3.05) is 66.1 Å². The smallest absolute Gasteiger partial charge is 0.388 e. The quantitative estimate of drug-likeness (QED) is 0.0222. The maximum Gasteiger partial charge on any atom is 0.472 e. The number of phosphoric acid groups is 2. The Kier molecular flexibility index (Phi) is 73.0. The van der Waals surface area contributed by atoms with E-state index in [1.807, 2.05) is 0 Å². The monoisotopic (exact) mass is 1370 g/mol. The molecule has 19 heteroatoms. The third kappa shape index (κ3) is 73.9. The second-order valence-corrected chi connectivity index (χ2v) is 28.3. The van der Waals surface area contributed by atoms with E-state index < -0.39 is 47.2 Å². The number of rotatable bonds is 80. The first-order valence-corrected chi connectivity index (χ1v) is 40.7. The zero-order chi connectivity index (χ0) is 68.3. The van der Waals surface area contributed by atoms with Crippen molar-refractivity contribution in [2.24, 2.45) is 0 Å². The van der Waals surface area contributed by atoms with Gasteiger partial charge in [0.25, 0.3) is 0 Å². The SMILES string of the molecule is O=CCCCCCC/C=C\CCCCCCCCCOC[C@H](COP(=O)(O)OC[C@@H](O)COP(=O)(O)OC[C@@H](COCCCCCCC/C=C\CCCCCCC=O)OCCCCCCC/C=C\CCCCCCC=O)OCCCCCCC/C=C\CCCCCCC=O. The molecule has 0 bridgehead atoms. The summed E-state index contributed by atoms with van der Waals surface area (Å²) in [6.07, 6.45) is 71.9. The molecule has 2 unspecified atom stereocenters. The van der Waals surface area contributed by atoms with Gasteiger partial charge in [0.1, 0.15) is 43.5 Å². The average Bonchev–Trinajstić information content (AvgIpc) is 2.14. The molecule has 0 fully saturated rings. The third-order valence-electron chi connectivity index (χ3n) is 16.3. The van der Waals surface area contributed by atoms with Crippen LogP contribution in [0.25, 0.3) is 0 Å². The molecular weight excluding hydrogens is 1230 g/mol. The zero-order valence-electron chi connectivity index (χ0n) is 59.0. The van der Waals surface area contributed by atoms with Crippen LogP contribution in [0.15, 0.2) is 48.6 Å². The second kappa shape index (κ2) is 74.9. The highest BCUT2D eigenvalue weighted by Crippen LogP contribution is 2.45. The highest BCUT2D eigenvalue weighted by molar-refractivity contribution is 7.47. The summed E-state index contributed by atoms with van der Waals surface area (Å²) in [6.45, 7) is 0.209. The van der Waals surface area contributed by atoms with Gasteiger partial charge in [0, 0.05) is 52.1 Å². The summed E-state index contributed by atoms with van der Waals surface area (Å²) >= 11 is 0. The van der Waals surface area contributed by atoms with Crippen molar-refractivity contribution in [1.29, 1.82) is 0 Å². The molecule has 94 heavy (non-hydrogen) atoms. The number of carbonyl (C=O) groups excluding carboxylic acids is 4. The first kappa shape index (κ1) is 91.7. The average molecular weight is 1370 g/mol. The lowest BCUT2D eigenvalue weighted by Gasteiger charge is -2.22. The number of hydrogen-bond donors (Lipinski definition) is 3. The largest absolute Gasteiger partial charge is 0.472 e. The number of ether oxygens (including phenoxy) is 4. The first-order valence-electron chi connectivity index (χ1n) is 37.7. The molecule has 0 aliphatic heterocycles. The second-order valence-electron chi connectivity index (χ2n) is 25.4. The van der Waals surface area contributed by atoms with Gasteiger partial charge in [0.05, 0.1) is 39.6 Å². The molecule has 0 aliphatic carbocycles. The summed E-state index contributed by atoms with van der Waals surface area (Å²) in [5.41, 5.74) is 0. The van der Waals surface area contributed by atoms with E-state index in [0.29, 0.717) is 52.1 Å². The van der Waals surface area contributed by atoms with E-state index >= 15 is 0 Å². The molecule has 0 aromatic rings. The zero-order valence-corrected chi connectivity index (χ0v) is 60.8. The van der Waals surface area contributed by atoms with Gasteiger partial charge >= 0.3 is 15.6 Å². The number of hydrogen-bond acceptors (Lipinski definition) is 15. The Labute approximate surface area is 572 Å². The fourth-order valence-corrected chi connectivity index (χ4v) is 12.1. The topological polar surface area (TPSA) is 237 Å². The molecule has 0 rings (SSSR count). The third-order valence-corrected chi connectivity index (χ3v) is 18.2. The van der Waals surface area contributed by atoms with Crippen LogP contribution in [0.1, 0.15) is 321 Å². The van der Waals surface area contributed by atoms with Gasteiger partial charge in [-0.2, -0.15) is 0 Å². The minimum atomic E-state index is -4.71.